The highest BCUT2D eigenvalue weighted by molar-refractivity contribution is 7.85. The summed E-state index contributed by atoms with van der Waals surface area (Å²) in [5, 5.41) is 0. The van der Waals surface area contributed by atoms with E-state index in [9.17, 15) is 17.8 Å². The number of pyridine rings is 1. The molecule has 8 heteroatoms. The van der Waals surface area contributed by atoms with E-state index in [0.29, 0.717) is 5.56 Å². The molecule has 0 aliphatic carbocycles. The number of nitrogens with one attached hydrogen (secondary N) is 1. The van der Waals surface area contributed by atoms with Crippen LogP contribution in [0.4, 0.5) is 20.3 Å². The molecule has 2 aromatic carbocycles. The Labute approximate surface area is 168 Å². The molecule has 0 radical (unpaired) electrons. The molecule has 1 atom stereocenters. The summed E-state index contributed by atoms with van der Waals surface area (Å²) in [4.78, 5) is 16.9. The van der Waals surface area contributed by atoms with Crippen LogP contribution in [0.25, 0.3) is 16.7 Å². The third-order valence-corrected chi connectivity index (χ3v) is 4.70. The number of nitrogens with two attached hydrogens (primary N) is 1. The Balaban J connectivity index is 2.04. The summed E-state index contributed by atoms with van der Waals surface area (Å²) in [5.41, 5.74) is 6.29. The quantitative estimate of drug-likeness (QED) is 0.468. The zero-order chi connectivity index (χ0) is 21.1. The Morgan fingerprint density at radius 1 is 1.14 bits per heavy atom. The highest BCUT2D eigenvalue weighted by Crippen LogP contribution is 2.30. The van der Waals surface area contributed by atoms with Gasteiger partial charge in [-0.2, -0.15) is 0 Å². The number of Topliss-reactive ketones (excluding diaryl/α,β-unsaturated/α-hetero) is 1. The SMILES string of the molecule is C=C(C(=O)c1c(F)ccc(NS(C)=O)c1F)c1cc(-c2ccccc2)cnc1N. The number of nitrogens with zero attached hydrogens (tertiary/aromatic N) is 1. The number of ketones is 1. The van der Waals surface area contributed by atoms with Gasteiger partial charge in [0.25, 0.3) is 0 Å². The summed E-state index contributed by atoms with van der Waals surface area (Å²) in [6.07, 6.45) is 2.82. The number of aromatic nitrogens is 1. The van der Waals surface area contributed by atoms with Gasteiger partial charge in [-0.05, 0) is 23.8 Å². The van der Waals surface area contributed by atoms with Crippen LogP contribution in [0.1, 0.15) is 15.9 Å². The fourth-order valence-corrected chi connectivity index (χ4v) is 3.24. The van der Waals surface area contributed by atoms with Crippen molar-refractivity contribution >= 4 is 33.8 Å². The van der Waals surface area contributed by atoms with Crippen LogP contribution in [0, 0.1) is 11.6 Å². The smallest absolute Gasteiger partial charge is 0.199 e. The van der Waals surface area contributed by atoms with Crippen molar-refractivity contribution in [3.63, 3.8) is 0 Å². The monoisotopic (exact) mass is 413 g/mol. The van der Waals surface area contributed by atoms with Crippen LogP contribution in [0.15, 0.2) is 61.3 Å². The van der Waals surface area contributed by atoms with Gasteiger partial charge >= 0.3 is 0 Å². The number of nitrogen functional groups attached to an aromatic ring is 1. The van der Waals surface area contributed by atoms with E-state index in [1.807, 2.05) is 30.3 Å². The number of anilines is 2. The topological polar surface area (TPSA) is 85.1 Å². The van der Waals surface area contributed by atoms with E-state index in [4.69, 9.17) is 5.73 Å². The van der Waals surface area contributed by atoms with Crippen LogP contribution in [0.5, 0.6) is 0 Å². The maximum absolute atomic E-state index is 14.7. The predicted molar refractivity (Wildman–Crippen MR) is 111 cm³/mol. The molecule has 148 valence electrons. The Kier molecular flexibility index (Phi) is 5.84. The largest absolute Gasteiger partial charge is 0.383 e. The number of hydrogen-bond acceptors (Lipinski definition) is 4. The van der Waals surface area contributed by atoms with Gasteiger partial charge in [-0.3, -0.25) is 4.79 Å². The summed E-state index contributed by atoms with van der Waals surface area (Å²) in [5.74, 6) is -3.19. The fraction of sp³-hybridized carbons (Fsp3) is 0.0476. The number of carbonyl (C=O) groups is 1. The molecule has 0 aliphatic heterocycles. The number of hydrogen-bond donors (Lipinski definition) is 2. The normalized spacial score (nSPS) is 11.7. The van der Waals surface area contributed by atoms with E-state index in [2.05, 4.69) is 16.3 Å². The first-order valence-electron chi connectivity index (χ1n) is 8.42. The molecule has 0 saturated heterocycles. The van der Waals surface area contributed by atoms with Crippen LogP contribution in [-0.2, 0) is 11.0 Å². The zero-order valence-corrected chi connectivity index (χ0v) is 16.2. The minimum absolute atomic E-state index is 0.00721. The summed E-state index contributed by atoms with van der Waals surface area (Å²) in [6.45, 7) is 3.69. The summed E-state index contributed by atoms with van der Waals surface area (Å²) >= 11 is 0. The van der Waals surface area contributed by atoms with Crippen molar-refractivity contribution < 1.29 is 17.8 Å². The lowest BCUT2D eigenvalue weighted by molar-refractivity contribution is 0.104. The van der Waals surface area contributed by atoms with Crippen molar-refractivity contribution in [2.45, 2.75) is 0 Å². The van der Waals surface area contributed by atoms with Gasteiger partial charge in [0.05, 0.1) is 11.3 Å². The van der Waals surface area contributed by atoms with Crippen LogP contribution >= 0.6 is 0 Å². The average Bonchev–Trinajstić information content (AvgIpc) is 2.70. The summed E-state index contributed by atoms with van der Waals surface area (Å²) in [7, 11) is -1.61. The van der Waals surface area contributed by atoms with E-state index >= 15 is 0 Å². The van der Waals surface area contributed by atoms with E-state index in [1.165, 1.54) is 12.5 Å². The van der Waals surface area contributed by atoms with Crippen LogP contribution < -0.4 is 10.5 Å². The molecule has 0 spiro atoms. The molecular weight excluding hydrogens is 396 g/mol. The number of carbonyl (C=O) groups excluding carboxylic acids is 1. The first-order valence-corrected chi connectivity index (χ1v) is 9.98. The first-order chi connectivity index (χ1) is 13.8. The van der Waals surface area contributed by atoms with Crippen molar-refractivity contribution in [2.75, 3.05) is 16.7 Å². The lowest BCUT2D eigenvalue weighted by atomic mass is 9.95. The van der Waals surface area contributed by atoms with E-state index < -0.39 is 34.0 Å². The van der Waals surface area contributed by atoms with Gasteiger partial charge in [-0.25, -0.2) is 18.0 Å². The molecular formula is C21H17F2N3O2S. The maximum Gasteiger partial charge on any atom is 0.199 e. The molecule has 3 rings (SSSR count). The minimum atomic E-state index is -1.61. The van der Waals surface area contributed by atoms with Crippen molar-refractivity contribution in [2.24, 2.45) is 0 Å². The van der Waals surface area contributed by atoms with Gasteiger partial charge in [-0.1, -0.05) is 36.9 Å². The highest BCUT2D eigenvalue weighted by atomic mass is 32.2. The maximum atomic E-state index is 14.7. The van der Waals surface area contributed by atoms with Crippen molar-refractivity contribution in [3.05, 3.63) is 84.1 Å². The number of benzene rings is 2. The lowest BCUT2D eigenvalue weighted by Crippen LogP contribution is -2.12. The Morgan fingerprint density at radius 2 is 1.83 bits per heavy atom. The van der Waals surface area contributed by atoms with E-state index in [0.717, 1.165) is 17.7 Å². The predicted octanol–water partition coefficient (Wildman–Crippen LogP) is 4.21. The highest BCUT2D eigenvalue weighted by Gasteiger charge is 2.25. The van der Waals surface area contributed by atoms with Gasteiger partial charge < -0.3 is 10.5 Å². The van der Waals surface area contributed by atoms with Crippen LogP contribution in [0.2, 0.25) is 0 Å². The minimum Gasteiger partial charge on any atom is -0.383 e. The van der Waals surface area contributed by atoms with Crippen molar-refractivity contribution in [1.82, 2.24) is 4.98 Å². The molecule has 1 unspecified atom stereocenters. The summed E-state index contributed by atoms with van der Waals surface area (Å²) < 4.78 is 42.6. The molecule has 0 fully saturated rings. The van der Waals surface area contributed by atoms with Gasteiger partial charge in [0, 0.05) is 29.2 Å². The molecule has 3 aromatic rings. The lowest BCUT2D eigenvalue weighted by Gasteiger charge is -2.13. The van der Waals surface area contributed by atoms with Gasteiger partial charge in [-0.15, -0.1) is 0 Å². The second-order valence-corrected chi connectivity index (χ2v) is 7.28. The molecule has 1 aromatic heterocycles. The van der Waals surface area contributed by atoms with Gasteiger partial charge in [0.15, 0.2) is 11.6 Å². The van der Waals surface area contributed by atoms with Gasteiger partial charge in [0.1, 0.15) is 22.6 Å². The second kappa shape index (κ2) is 8.32. The molecule has 0 bridgehead atoms. The Bertz CT molecular complexity index is 1130. The van der Waals surface area contributed by atoms with Crippen LogP contribution in [0.3, 0.4) is 0 Å². The van der Waals surface area contributed by atoms with Crippen LogP contribution in [-0.4, -0.2) is 21.2 Å². The molecule has 0 aliphatic rings. The Hall–Kier alpha value is -3.39. The molecule has 0 saturated carbocycles. The number of rotatable bonds is 6. The first kappa shape index (κ1) is 20.3. The molecule has 0 amide bonds. The zero-order valence-electron chi connectivity index (χ0n) is 15.4. The molecule has 5 nitrogen and oxygen atoms in total. The third-order valence-electron chi connectivity index (χ3n) is 4.20. The number of halogens is 2. The van der Waals surface area contributed by atoms with Gasteiger partial charge in [0.2, 0.25) is 0 Å². The summed E-state index contributed by atoms with van der Waals surface area (Å²) in [6, 6.07) is 12.8. The van der Waals surface area contributed by atoms with E-state index in [1.54, 1.807) is 6.07 Å². The molecule has 29 heavy (non-hydrogen) atoms. The van der Waals surface area contributed by atoms with Crippen molar-refractivity contribution in [3.8, 4) is 11.1 Å². The fourth-order valence-electron chi connectivity index (χ4n) is 2.77. The molecule has 1 heterocycles. The standard InChI is InChI=1S/C21H17F2N3O2S/c1-12(15-10-14(11-25-21(15)24)13-6-4-3-5-7-13)20(27)18-16(22)8-9-17(19(18)23)26-29(2)28/h3-11,26H,1H2,2H3,(H2,24,25). The van der Waals surface area contributed by atoms with Crippen molar-refractivity contribution in [1.29, 1.82) is 0 Å². The molecule has 3 N–H and O–H groups in total. The average molecular weight is 413 g/mol. The van der Waals surface area contributed by atoms with E-state index in [-0.39, 0.29) is 22.6 Å². The Morgan fingerprint density at radius 3 is 2.48 bits per heavy atom. The number of allylic oxidation sites excluding steroid dienone is 1. The third kappa shape index (κ3) is 4.22. The second-order valence-electron chi connectivity index (χ2n) is 6.17.